The molecule has 52 heavy (non-hydrogen) atoms. The fourth-order valence-corrected chi connectivity index (χ4v) is 8.15. The highest BCUT2D eigenvalue weighted by Crippen LogP contribution is 2.47. The molecule has 0 aromatic heterocycles. The number of esters is 2. The monoisotopic (exact) mass is 717 g/mol. The Morgan fingerprint density at radius 2 is 1.92 bits per heavy atom. The van der Waals surface area contributed by atoms with Gasteiger partial charge in [0.2, 0.25) is 0 Å². The van der Waals surface area contributed by atoms with E-state index in [2.05, 4.69) is 25.6 Å². The van der Waals surface area contributed by atoms with Gasteiger partial charge in [-0.15, -0.1) is 0 Å². The van der Waals surface area contributed by atoms with Gasteiger partial charge >= 0.3 is 11.9 Å². The Morgan fingerprint density at radius 3 is 2.65 bits per heavy atom. The number of allylic oxidation sites excluding steroid dienone is 2. The summed E-state index contributed by atoms with van der Waals surface area (Å²) in [5.74, 6) is -2.32. The molecule has 11 nitrogen and oxygen atoms in total. The van der Waals surface area contributed by atoms with Gasteiger partial charge in [-0.3, -0.25) is 0 Å². The molecule has 4 aliphatic heterocycles. The molecule has 1 aliphatic carbocycles. The van der Waals surface area contributed by atoms with Crippen LogP contribution >= 0.6 is 0 Å². The van der Waals surface area contributed by atoms with Crippen LogP contribution in [0, 0.1) is 11.8 Å². The number of hydrogen-bond acceptors (Lipinski definition) is 11. The normalized spacial score (nSPS) is 39.6. The Labute approximate surface area is 305 Å². The molecular weight excluding hydrogens is 666 g/mol. The van der Waals surface area contributed by atoms with Gasteiger partial charge in [0.25, 0.3) is 0 Å². The first kappa shape index (κ1) is 37.9. The number of aliphatic hydroxyl groups excluding tert-OH is 1. The second kappa shape index (κ2) is 15.6. The Hall–Kier alpha value is -3.87. The molecule has 1 spiro atoms. The molecule has 1 aromatic carbocycles. The molecule has 2 N–H and O–H groups in total. The SMILES string of the molecule is C=C1C=C2C(=O)O[C@H]3CC(C/C=C(\C)[C@H](OC(=O)C(=NOC)c4ccccc4)[C@@H](C)/C=C/C=C4\COC([C@@H]1O)[C@]24O)OC1(CC[C@H](C)[C@@H](CC)O1)C3. The summed E-state index contributed by atoms with van der Waals surface area (Å²) in [6.07, 6.45) is 8.08. The van der Waals surface area contributed by atoms with Gasteiger partial charge in [0.05, 0.1) is 24.4 Å². The van der Waals surface area contributed by atoms with E-state index in [0.29, 0.717) is 42.7 Å². The minimum absolute atomic E-state index is 0.0151. The number of nitrogens with zero attached hydrogens (tertiary/aromatic N) is 1. The largest absolute Gasteiger partial charge is 0.459 e. The van der Waals surface area contributed by atoms with Crippen LogP contribution < -0.4 is 0 Å². The van der Waals surface area contributed by atoms with Crippen LogP contribution in [-0.2, 0) is 38.1 Å². The van der Waals surface area contributed by atoms with E-state index in [-0.39, 0.29) is 35.5 Å². The van der Waals surface area contributed by atoms with Gasteiger partial charge in [0.1, 0.15) is 37.1 Å². The number of oxime groups is 1. The Kier molecular flexibility index (Phi) is 11.4. The maximum Gasteiger partial charge on any atom is 0.361 e. The summed E-state index contributed by atoms with van der Waals surface area (Å²) < 4.78 is 31.8. The zero-order valence-electron chi connectivity index (χ0n) is 30.7. The van der Waals surface area contributed by atoms with Gasteiger partial charge in [0, 0.05) is 30.7 Å². The lowest BCUT2D eigenvalue weighted by Crippen LogP contribution is -2.55. The summed E-state index contributed by atoms with van der Waals surface area (Å²) in [7, 11) is 1.38. The van der Waals surface area contributed by atoms with Crippen LogP contribution in [0.2, 0.25) is 0 Å². The van der Waals surface area contributed by atoms with Crippen LogP contribution in [0.4, 0.5) is 0 Å². The van der Waals surface area contributed by atoms with Crippen LogP contribution in [0.1, 0.15) is 71.8 Å². The third kappa shape index (κ3) is 7.47. The third-order valence-corrected chi connectivity index (χ3v) is 11.0. The van der Waals surface area contributed by atoms with Crippen molar-refractivity contribution in [2.24, 2.45) is 17.0 Å². The minimum Gasteiger partial charge on any atom is -0.459 e. The molecule has 0 radical (unpaired) electrons. The molecular formula is C41H51NO10. The second-order valence-electron chi connectivity index (χ2n) is 14.7. The summed E-state index contributed by atoms with van der Waals surface area (Å²) in [6, 6.07) is 8.97. The van der Waals surface area contributed by atoms with E-state index >= 15 is 0 Å². The predicted octanol–water partition coefficient (Wildman–Crippen LogP) is 5.42. The van der Waals surface area contributed by atoms with Crippen LogP contribution in [0.15, 0.2) is 94.7 Å². The van der Waals surface area contributed by atoms with Gasteiger partial charge in [-0.25, -0.2) is 9.59 Å². The number of ether oxygens (including phenoxy) is 5. The number of carbonyl (C=O) groups is 2. The standard InChI is InChI=1S/C41H51NO10/c1-7-33-24(2)18-19-40(52-33)22-31-21-30(51-40)17-16-26(4)36(50-39(45)34(42-47-6)28-13-9-8-10-14-28)25(3)12-11-15-29-23-48-37-35(43)27(5)20-32(38(44)49-31)41(29,37)46/h8-16,20,24-25,30-31,33,35-37,43,46H,5,7,17-19,21-23H2,1-4,6H3/b12-11+,26-16+,29-15+,42-34?/t24-,25-,30?,31-,33+,35+,36+,37?,40?,41+/m0/s1. The molecule has 2 bridgehead atoms. The molecule has 6 rings (SSSR count). The molecule has 3 unspecified atom stereocenters. The van der Waals surface area contributed by atoms with E-state index < -0.39 is 53.8 Å². The number of fused-ring (bicyclic) bond motifs is 2. The van der Waals surface area contributed by atoms with Crippen molar-refractivity contribution in [3.05, 3.63) is 95.1 Å². The first-order valence-electron chi connectivity index (χ1n) is 18.3. The molecule has 10 atom stereocenters. The number of benzene rings is 1. The van der Waals surface area contributed by atoms with Crippen molar-refractivity contribution in [3.8, 4) is 0 Å². The molecule has 0 saturated carbocycles. The van der Waals surface area contributed by atoms with E-state index in [9.17, 15) is 19.8 Å². The molecule has 11 heteroatoms. The molecule has 3 saturated heterocycles. The van der Waals surface area contributed by atoms with Gasteiger partial charge in [-0.1, -0.05) is 87.1 Å². The average Bonchev–Trinajstić information content (AvgIpc) is 3.47. The van der Waals surface area contributed by atoms with E-state index in [1.54, 1.807) is 36.4 Å². The molecule has 4 heterocycles. The van der Waals surface area contributed by atoms with Crippen LogP contribution in [-0.4, -0.2) is 89.6 Å². The quantitative estimate of drug-likeness (QED) is 0.176. The predicted molar refractivity (Wildman–Crippen MR) is 193 cm³/mol. The highest BCUT2D eigenvalue weighted by atomic mass is 16.7. The Morgan fingerprint density at radius 1 is 1.15 bits per heavy atom. The van der Waals surface area contributed by atoms with Gasteiger partial charge in [-0.2, -0.15) is 0 Å². The van der Waals surface area contributed by atoms with Crippen molar-refractivity contribution in [1.82, 2.24) is 0 Å². The molecule has 3 fully saturated rings. The Balaban J connectivity index is 1.40. The topological polar surface area (TPSA) is 142 Å². The molecule has 1 aromatic rings. The lowest BCUT2D eigenvalue weighted by Gasteiger charge is -2.49. The Bertz CT molecular complexity index is 1680. The van der Waals surface area contributed by atoms with E-state index in [0.717, 1.165) is 18.4 Å². The fourth-order valence-electron chi connectivity index (χ4n) is 8.15. The van der Waals surface area contributed by atoms with E-state index in [4.69, 9.17) is 28.5 Å². The highest BCUT2D eigenvalue weighted by molar-refractivity contribution is 6.43. The van der Waals surface area contributed by atoms with Gasteiger partial charge in [-0.05, 0) is 54.9 Å². The summed E-state index contributed by atoms with van der Waals surface area (Å²) in [6.45, 7) is 12.0. The fraction of sp³-hybridized carbons (Fsp3) is 0.537. The van der Waals surface area contributed by atoms with Crippen LogP contribution in [0.3, 0.4) is 0 Å². The zero-order chi connectivity index (χ0) is 37.2. The number of aliphatic hydroxyl groups is 2. The summed E-state index contributed by atoms with van der Waals surface area (Å²) in [4.78, 5) is 32.8. The van der Waals surface area contributed by atoms with Crippen LogP contribution in [0.25, 0.3) is 0 Å². The van der Waals surface area contributed by atoms with Crippen LogP contribution in [0.5, 0.6) is 0 Å². The molecule has 280 valence electrons. The zero-order valence-corrected chi connectivity index (χ0v) is 30.7. The van der Waals surface area contributed by atoms with Gasteiger partial charge < -0.3 is 38.7 Å². The van der Waals surface area contributed by atoms with Crippen molar-refractivity contribution < 1.29 is 48.3 Å². The van der Waals surface area contributed by atoms with Crippen molar-refractivity contribution in [2.75, 3.05) is 13.7 Å². The number of rotatable bonds is 5. The first-order chi connectivity index (χ1) is 24.9. The molecule has 0 amide bonds. The van der Waals surface area contributed by atoms with E-state index in [1.165, 1.54) is 13.2 Å². The average molecular weight is 718 g/mol. The maximum absolute atomic E-state index is 14.1. The summed E-state index contributed by atoms with van der Waals surface area (Å²) in [5, 5.41) is 27.3. The van der Waals surface area contributed by atoms with Crippen molar-refractivity contribution in [3.63, 3.8) is 0 Å². The minimum atomic E-state index is -1.96. The third-order valence-electron chi connectivity index (χ3n) is 11.0. The highest BCUT2D eigenvalue weighted by Gasteiger charge is 2.58. The second-order valence-corrected chi connectivity index (χ2v) is 14.7. The lowest BCUT2D eigenvalue weighted by atomic mass is 9.74. The van der Waals surface area contributed by atoms with Crippen molar-refractivity contribution in [1.29, 1.82) is 0 Å². The van der Waals surface area contributed by atoms with Gasteiger partial charge in [0.15, 0.2) is 11.5 Å². The smallest absolute Gasteiger partial charge is 0.361 e. The maximum atomic E-state index is 14.1. The first-order valence-corrected chi connectivity index (χ1v) is 18.3. The number of carbonyl (C=O) groups excluding carboxylic acids is 2. The summed E-state index contributed by atoms with van der Waals surface area (Å²) in [5.41, 5.74) is -0.00724. The summed E-state index contributed by atoms with van der Waals surface area (Å²) >= 11 is 0. The van der Waals surface area contributed by atoms with Crippen molar-refractivity contribution in [2.45, 2.75) is 114 Å². The van der Waals surface area contributed by atoms with Crippen molar-refractivity contribution >= 4 is 17.7 Å². The molecule has 5 aliphatic rings. The van der Waals surface area contributed by atoms with E-state index in [1.807, 2.05) is 32.1 Å². The number of hydrogen-bond donors (Lipinski definition) is 2. The lowest BCUT2D eigenvalue weighted by molar-refractivity contribution is -0.334.